The molecule has 1 rings (SSSR count). The molecule has 0 aliphatic heterocycles. The molecule has 3 nitrogen and oxygen atoms in total. The van der Waals surface area contributed by atoms with Gasteiger partial charge in [0.1, 0.15) is 0 Å². The molecule has 0 aliphatic rings. The molecule has 0 fully saturated rings. The predicted octanol–water partition coefficient (Wildman–Crippen LogP) is 2.23. The minimum atomic E-state index is -0.769. The molecule has 1 aromatic rings. The van der Waals surface area contributed by atoms with Crippen molar-refractivity contribution in [1.29, 1.82) is 0 Å². The maximum Gasteiger partial charge on any atom is 0.306 e. The lowest BCUT2D eigenvalue weighted by molar-refractivity contribution is -0.142. The van der Waals surface area contributed by atoms with Crippen molar-refractivity contribution in [2.45, 2.75) is 32.2 Å². The Morgan fingerprint density at radius 2 is 1.88 bits per heavy atom. The second-order valence-corrected chi connectivity index (χ2v) is 4.36. The first-order chi connectivity index (χ1) is 7.52. The molecule has 0 amide bonds. The summed E-state index contributed by atoms with van der Waals surface area (Å²) in [6.07, 6.45) is 0.692. The SMILES string of the molecule is CC(N)CC(c1ccccc1)C(C)C(=O)O. The summed E-state index contributed by atoms with van der Waals surface area (Å²) in [5.41, 5.74) is 6.83. The highest BCUT2D eigenvalue weighted by Crippen LogP contribution is 2.29. The highest BCUT2D eigenvalue weighted by atomic mass is 16.4. The Balaban J connectivity index is 2.92. The van der Waals surface area contributed by atoms with Gasteiger partial charge in [0.25, 0.3) is 0 Å². The number of carboxylic acids is 1. The lowest BCUT2D eigenvalue weighted by atomic mass is 9.83. The van der Waals surface area contributed by atoms with Crippen LogP contribution in [-0.2, 0) is 4.79 Å². The van der Waals surface area contributed by atoms with Crippen LogP contribution in [0.3, 0.4) is 0 Å². The summed E-state index contributed by atoms with van der Waals surface area (Å²) in [4.78, 5) is 11.1. The lowest BCUT2D eigenvalue weighted by Gasteiger charge is -2.23. The number of nitrogens with two attached hydrogens (primary N) is 1. The summed E-state index contributed by atoms with van der Waals surface area (Å²) in [6.45, 7) is 3.65. The molecule has 88 valence electrons. The van der Waals surface area contributed by atoms with Crippen LogP contribution in [0.25, 0.3) is 0 Å². The third-order valence-corrected chi connectivity index (χ3v) is 2.85. The Hall–Kier alpha value is -1.35. The van der Waals surface area contributed by atoms with E-state index >= 15 is 0 Å². The zero-order chi connectivity index (χ0) is 12.1. The van der Waals surface area contributed by atoms with Crippen molar-refractivity contribution in [3.63, 3.8) is 0 Å². The average molecular weight is 221 g/mol. The molecule has 16 heavy (non-hydrogen) atoms. The van der Waals surface area contributed by atoms with Crippen LogP contribution in [-0.4, -0.2) is 17.1 Å². The van der Waals surface area contributed by atoms with Gasteiger partial charge in [-0.05, 0) is 24.8 Å². The number of hydrogen-bond acceptors (Lipinski definition) is 2. The molecule has 0 radical (unpaired) electrons. The Kier molecular flexibility index (Phi) is 4.50. The number of carbonyl (C=O) groups is 1. The van der Waals surface area contributed by atoms with Gasteiger partial charge in [0, 0.05) is 6.04 Å². The van der Waals surface area contributed by atoms with Crippen LogP contribution in [0, 0.1) is 5.92 Å². The smallest absolute Gasteiger partial charge is 0.306 e. The Morgan fingerprint density at radius 3 is 2.31 bits per heavy atom. The standard InChI is InChI=1S/C13H19NO2/c1-9(14)8-12(10(2)13(15)16)11-6-4-3-5-7-11/h3-7,9-10,12H,8,14H2,1-2H3,(H,15,16). The van der Waals surface area contributed by atoms with Crippen LogP contribution < -0.4 is 5.73 Å². The molecule has 0 bridgehead atoms. The number of hydrogen-bond donors (Lipinski definition) is 2. The third-order valence-electron chi connectivity index (χ3n) is 2.85. The fourth-order valence-electron chi connectivity index (χ4n) is 1.90. The van der Waals surface area contributed by atoms with Crippen molar-refractivity contribution < 1.29 is 9.90 Å². The molecular weight excluding hydrogens is 202 g/mol. The van der Waals surface area contributed by atoms with E-state index in [0.717, 1.165) is 5.56 Å². The largest absolute Gasteiger partial charge is 0.481 e. The summed E-state index contributed by atoms with van der Waals surface area (Å²) < 4.78 is 0. The van der Waals surface area contributed by atoms with Gasteiger partial charge < -0.3 is 10.8 Å². The van der Waals surface area contributed by atoms with E-state index in [4.69, 9.17) is 10.8 Å². The highest BCUT2D eigenvalue weighted by Gasteiger charge is 2.25. The van der Waals surface area contributed by atoms with Crippen LogP contribution in [0.15, 0.2) is 30.3 Å². The van der Waals surface area contributed by atoms with Crippen molar-refractivity contribution in [2.75, 3.05) is 0 Å². The van der Waals surface area contributed by atoms with E-state index in [0.29, 0.717) is 6.42 Å². The summed E-state index contributed by atoms with van der Waals surface area (Å²) >= 11 is 0. The molecule has 3 N–H and O–H groups in total. The number of aliphatic carboxylic acids is 1. The van der Waals surface area contributed by atoms with Crippen molar-refractivity contribution in [1.82, 2.24) is 0 Å². The van der Waals surface area contributed by atoms with Crippen LogP contribution in [0.1, 0.15) is 31.7 Å². The van der Waals surface area contributed by atoms with E-state index in [2.05, 4.69) is 0 Å². The Bertz CT molecular complexity index is 335. The Morgan fingerprint density at radius 1 is 1.31 bits per heavy atom. The minimum Gasteiger partial charge on any atom is -0.481 e. The molecular formula is C13H19NO2. The predicted molar refractivity (Wildman–Crippen MR) is 64.2 cm³/mol. The van der Waals surface area contributed by atoms with Gasteiger partial charge in [-0.2, -0.15) is 0 Å². The summed E-state index contributed by atoms with van der Waals surface area (Å²) in [7, 11) is 0. The molecule has 0 aliphatic carbocycles. The highest BCUT2D eigenvalue weighted by molar-refractivity contribution is 5.70. The van der Waals surface area contributed by atoms with E-state index in [9.17, 15) is 4.79 Å². The normalized spacial score (nSPS) is 16.4. The average Bonchev–Trinajstić information content (AvgIpc) is 2.26. The summed E-state index contributed by atoms with van der Waals surface area (Å²) in [5.74, 6) is -1.19. The zero-order valence-corrected chi connectivity index (χ0v) is 9.76. The van der Waals surface area contributed by atoms with Gasteiger partial charge in [-0.3, -0.25) is 4.79 Å². The first kappa shape index (κ1) is 12.7. The number of benzene rings is 1. The van der Waals surface area contributed by atoms with Gasteiger partial charge in [-0.25, -0.2) is 0 Å². The van der Waals surface area contributed by atoms with Gasteiger partial charge in [0.05, 0.1) is 5.92 Å². The fourth-order valence-corrected chi connectivity index (χ4v) is 1.90. The van der Waals surface area contributed by atoms with Crippen LogP contribution >= 0.6 is 0 Å². The van der Waals surface area contributed by atoms with E-state index < -0.39 is 11.9 Å². The lowest BCUT2D eigenvalue weighted by Crippen LogP contribution is -2.26. The first-order valence-electron chi connectivity index (χ1n) is 5.55. The zero-order valence-electron chi connectivity index (χ0n) is 9.76. The molecule has 0 aromatic heterocycles. The summed E-state index contributed by atoms with van der Waals surface area (Å²) in [6, 6.07) is 9.72. The third kappa shape index (κ3) is 3.35. The molecule has 1 aromatic carbocycles. The molecule has 0 spiro atoms. The summed E-state index contributed by atoms with van der Waals surface area (Å²) in [5, 5.41) is 9.09. The van der Waals surface area contributed by atoms with Crippen molar-refractivity contribution in [3.8, 4) is 0 Å². The quantitative estimate of drug-likeness (QED) is 0.801. The van der Waals surface area contributed by atoms with Crippen molar-refractivity contribution >= 4 is 5.97 Å². The molecule has 0 heterocycles. The minimum absolute atomic E-state index is 0.00649. The van der Waals surface area contributed by atoms with E-state index in [-0.39, 0.29) is 12.0 Å². The second-order valence-electron chi connectivity index (χ2n) is 4.36. The maximum absolute atomic E-state index is 11.1. The van der Waals surface area contributed by atoms with Crippen molar-refractivity contribution in [2.24, 2.45) is 11.7 Å². The van der Waals surface area contributed by atoms with Crippen molar-refractivity contribution in [3.05, 3.63) is 35.9 Å². The second kappa shape index (κ2) is 5.66. The molecule has 0 saturated carbocycles. The molecule has 0 saturated heterocycles. The van der Waals surface area contributed by atoms with Crippen LogP contribution in [0.4, 0.5) is 0 Å². The fraction of sp³-hybridized carbons (Fsp3) is 0.462. The van der Waals surface area contributed by atoms with Crippen LogP contribution in [0.2, 0.25) is 0 Å². The number of carboxylic acid groups (broad SMARTS) is 1. The van der Waals surface area contributed by atoms with E-state index in [1.807, 2.05) is 37.3 Å². The van der Waals surface area contributed by atoms with Gasteiger partial charge >= 0.3 is 5.97 Å². The van der Waals surface area contributed by atoms with Gasteiger partial charge in [-0.1, -0.05) is 37.3 Å². The molecule has 3 heteroatoms. The molecule has 3 atom stereocenters. The topological polar surface area (TPSA) is 63.3 Å². The van der Waals surface area contributed by atoms with E-state index in [1.54, 1.807) is 6.92 Å². The molecule has 3 unspecified atom stereocenters. The van der Waals surface area contributed by atoms with E-state index in [1.165, 1.54) is 0 Å². The maximum atomic E-state index is 11.1. The first-order valence-corrected chi connectivity index (χ1v) is 5.55. The number of rotatable bonds is 5. The monoisotopic (exact) mass is 221 g/mol. The Labute approximate surface area is 96.3 Å². The van der Waals surface area contributed by atoms with Gasteiger partial charge in [0.15, 0.2) is 0 Å². The van der Waals surface area contributed by atoms with Gasteiger partial charge in [0.2, 0.25) is 0 Å². The van der Waals surface area contributed by atoms with Crippen LogP contribution in [0.5, 0.6) is 0 Å². The van der Waals surface area contributed by atoms with Gasteiger partial charge in [-0.15, -0.1) is 0 Å².